The summed E-state index contributed by atoms with van der Waals surface area (Å²) in [5.74, 6) is -11.8. The highest BCUT2D eigenvalue weighted by Gasteiger charge is 2.58. The molecule has 13 aromatic rings. The fourth-order valence-corrected chi connectivity index (χ4v) is 24.1. The fourth-order valence-electron chi connectivity index (χ4n) is 13.4. The van der Waals surface area contributed by atoms with Gasteiger partial charge in [0.1, 0.15) is 0 Å². The minimum atomic E-state index is -6.74. The van der Waals surface area contributed by atoms with Crippen LogP contribution in [0, 0.1) is 63.4 Å². The fraction of sp³-hybridized carbons (Fsp3) is 0.189. The van der Waals surface area contributed by atoms with Crippen molar-refractivity contribution in [2.45, 2.75) is 84.7 Å². The van der Waals surface area contributed by atoms with Crippen LogP contribution in [0.5, 0.6) is 51.7 Å². The van der Waals surface area contributed by atoms with Crippen molar-refractivity contribution in [3.63, 3.8) is 0 Å². The van der Waals surface area contributed by atoms with Crippen molar-refractivity contribution < 1.29 is 232 Å². The van der Waals surface area contributed by atoms with Crippen molar-refractivity contribution >= 4 is 403 Å². The molecule has 13 rings (SSSR count). The predicted octanol–water partition coefficient (Wildman–Crippen LogP) is 27.0. The molecule has 0 atom stereocenters. The molecule has 0 aliphatic carbocycles. The topological polar surface area (TPSA) is 390 Å². The second-order valence-electron chi connectivity index (χ2n) is 28.5. The molecule has 0 unspecified atom stereocenters. The monoisotopic (exact) mass is 3420 g/mol. The highest BCUT2D eigenvalue weighted by Crippen LogP contribution is 2.60. The van der Waals surface area contributed by atoms with Gasteiger partial charge in [-0.25, -0.2) is 0 Å². The van der Waals surface area contributed by atoms with Crippen molar-refractivity contribution in [1.29, 1.82) is 0 Å². The third kappa shape index (κ3) is 23.8. The first-order valence-corrected chi connectivity index (χ1v) is 59.5. The summed E-state index contributed by atoms with van der Waals surface area (Å²) in [5.41, 5.74) is -59.3. The molecule has 0 amide bonds. The summed E-state index contributed by atoms with van der Waals surface area (Å²) in [6.45, 7) is 4.13. The van der Waals surface area contributed by atoms with Crippen LogP contribution in [0.2, 0.25) is 0 Å². The number of aryl methyl sites for hydroxylation is 3. The normalized spacial score (nSPS) is 13.6. The van der Waals surface area contributed by atoms with Gasteiger partial charge in [-0.2, -0.15) is 194 Å². The third-order valence-corrected chi connectivity index (χ3v) is 42.0. The van der Waals surface area contributed by atoms with E-state index in [1.807, 2.05) is 113 Å². The van der Waals surface area contributed by atoms with Crippen molar-refractivity contribution in [2.75, 3.05) is 0 Å². The molecule has 147 heavy (non-hydrogen) atoms. The van der Waals surface area contributed by atoms with E-state index in [2.05, 4.69) is 37.6 Å². The van der Waals surface area contributed by atoms with Crippen LogP contribution in [0.1, 0.15) is 29.7 Å². The van der Waals surface area contributed by atoms with Gasteiger partial charge in [0.05, 0.1) is 10.8 Å². The molecule has 0 heterocycles. The molecule has 0 saturated carbocycles. The summed E-state index contributed by atoms with van der Waals surface area (Å²) < 4.78 is 627. The maximum Gasteiger partial charge on any atom is 0.534 e. The number of hydrogen-bond donors (Lipinski definition) is 0. The molecule has 73 heteroatoms. The Labute approximate surface area is 942 Å². The minimum Gasteiger partial charge on any atom is -0.375 e. The van der Waals surface area contributed by atoms with Crippen LogP contribution in [0.4, 0.5) is 119 Å². The Morgan fingerprint density at radius 3 is 0.735 bits per heavy atom. The number of hydrogen-bond acceptors (Lipinski definition) is 27. The smallest absolute Gasteiger partial charge is 0.375 e. The average Bonchev–Trinajstić information content (AvgIpc) is 0.676. The lowest BCUT2D eigenvalue weighted by atomic mass is 9.84. The first-order valence-electron chi connectivity index (χ1n) is 36.0. The number of alkyl halides is 27. The maximum atomic E-state index is 13.7. The molecule has 27 nitrogen and oxygen atoms in total. The number of halogens is 37. The highest BCUT2D eigenvalue weighted by atomic mass is 127. The van der Waals surface area contributed by atoms with Crippen LogP contribution in [-0.2, 0) is 91.1 Å². The molecule has 804 valence electrons. The Morgan fingerprint density at radius 1 is 0.190 bits per heavy atom. The third-order valence-electron chi connectivity index (χ3n) is 19.4. The summed E-state index contributed by atoms with van der Waals surface area (Å²) in [7, 11) is -59.3. The Hall–Kier alpha value is -4.64. The summed E-state index contributed by atoms with van der Waals surface area (Å²) >= 11 is 17.1. The SMILES string of the molecule is C.Cc1c(OS(=O)(=O)C(F)(F)F)c2c(OS(=O)(=O)C(F)(F)F)cc(I)c3c4c(I)cc(OS(=O)(=O)C(F)(F)F)c5c(OS(=O)(=O)C(F)(F)F)cc(C)c(c(c1C)c23)c54.Cc1cc(I)c(I)c2ccc(OS(=O)(=O)C(F)(F)F)c(-c3c(OS(=O)(=O)C(F)(F)F)ccc4c(I)c(I)cc(OS(=O)(=O)C(F)(F)F)c34)c12.O=S(=O)(Oc1ccc2c(I)c(I)ccc2c1-c1c(OS(=O)(=O)C(F)(F)F)ccc2c(I)c(I)ccc12)C(F)(F)F. The standard InChI is InChI=1S/C27H12F12I2O12S4.C24H9F9I4O9S3.C22H8F6I4O6S2.CH4/c1-7-4-12(50-54(42,43)24(28,29)30)19-13(51-55(44,45)25(31,32)33)5-10(40)17-18-11(41)6-14(52-56(46,47)26(34,35)36)20-22(18)16(15(7)21(17)19)8(2)9(3)23(20)53-57(48,49)27(37,38)39;1-8-6-11(34)20(36)9-2-4-13(44-47(38,39)22(25,26)27)18(16(8)9)19-14(45-48(40,41)23(28,29)30)5-3-10-17(19)15(7-12(35)21(10)37)46-49(42,43)24(31,32)33;23-21(24,25)39(33,34)37-15-7-3-11-9(1-5-13(29)19(11)31)17(15)18-10-2-6-14(30)20(32)12(10)4-8-16(18)38-40(35,36)22(26,27)28;/h4-6H,1-3H3;2-7H,1H3;1-8H;1H4. The van der Waals surface area contributed by atoms with Crippen LogP contribution in [-0.4, -0.2) is 125 Å². The second-order valence-corrected chi connectivity index (χ2v) is 53.6. The number of benzene rings is 13. The summed E-state index contributed by atoms with van der Waals surface area (Å²) in [4.78, 5) is 0. The molecule has 0 aliphatic rings. The van der Waals surface area contributed by atoms with Crippen LogP contribution >= 0.6 is 226 Å². The van der Waals surface area contributed by atoms with E-state index >= 15 is 0 Å². The van der Waals surface area contributed by atoms with Crippen LogP contribution < -0.4 is 37.6 Å². The zero-order valence-electron chi connectivity index (χ0n) is 68.5. The largest absolute Gasteiger partial charge is 0.534 e. The lowest BCUT2D eigenvalue weighted by Crippen LogP contribution is -2.29. The molecule has 13 aromatic carbocycles. The molecule has 0 aliphatic heterocycles. The second kappa shape index (κ2) is 41.7. The average molecular weight is 3420 g/mol. The van der Waals surface area contributed by atoms with Gasteiger partial charge in [0, 0.05) is 90.3 Å². The molecule has 0 radical (unpaired) electrons. The number of rotatable bonds is 20. The Kier molecular flexibility index (Phi) is 35.2. The van der Waals surface area contributed by atoms with E-state index in [1.54, 1.807) is 57.3 Å². The van der Waals surface area contributed by atoms with Gasteiger partial charge in [0.25, 0.3) is 0 Å². The number of fused-ring (bicyclic) bond motifs is 6. The summed E-state index contributed by atoms with van der Waals surface area (Å²) in [6.07, 6.45) is 0. The van der Waals surface area contributed by atoms with Crippen LogP contribution in [0.15, 0.2) is 103 Å². The molecule has 0 fully saturated rings. The van der Waals surface area contributed by atoms with E-state index in [-0.39, 0.29) is 47.1 Å². The first kappa shape index (κ1) is 124. The Morgan fingerprint density at radius 2 is 0.415 bits per heavy atom. The van der Waals surface area contributed by atoms with E-state index in [0.29, 0.717) is 68.6 Å². The van der Waals surface area contributed by atoms with Crippen LogP contribution in [0.3, 0.4) is 0 Å². The van der Waals surface area contributed by atoms with Crippen molar-refractivity contribution in [2.24, 2.45) is 0 Å². The minimum absolute atomic E-state index is 0. The zero-order chi connectivity index (χ0) is 111. The summed E-state index contributed by atoms with van der Waals surface area (Å²) in [6, 6.07) is 16.6. The van der Waals surface area contributed by atoms with Crippen molar-refractivity contribution in [3.05, 3.63) is 161 Å². The van der Waals surface area contributed by atoms with E-state index in [1.165, 1.54) is 105 Å². The van der Waals surface area contributed by atoms with E-state index < -0.39 is 287 Å². The van der Waals surface area contributed by atoms with Gasteiger partial charge in [-0.05, 0) is 410 Å². The molecule has 0 aromatic heterocycles. The van der Waals surface area contributed by atoms with E-state index in [4.69, 9.17) is 0 Å². The maximum absolute atomic E-state index is 13.7. The summed E-state index contributed by atoms with van der Waals surface area (Å²) in [5, 5.41) is -6.35. The first-order chi connectivity index (χ1) is 65.7. The molecular weight excluding hydrogens is 3390 g/mol. The van der Waals surface area contributed by atoms with E-state index in [9.17, 15) is 194 Å². The van der Waals surface area contributed by atoms with Gasteiger partial charge < -0.3 is 37.6 Å². The van der Waals surface area contributed by atoms with Crippen molar-refractivity contribution in [1.82, 2.24) is 0 Å². The lowest BCUT2D eigenvalue weighted by molar-refractivity contribution is -0.0506. The predicted molar refractivity (Wildman–Crippen MR) is 555 cm³/mol. The van der Waals surface area contributed by atoms with Gasteiger partial charge in [-0.15, -0.1) is 0 Å². The quantitative estimate of drug-likeness (QED) is 0.0171. The molecule has 0 saturated heterocycles. The van der Waals surface area contributed by atoms with Gasteiger partial charge in [0.15, 0.2) is 51.7 Å². The zero-order valence-corrected chi connectivity index (χ0v) is 97.4. The Balaban J connectivity index is 0.000000228. The molecule has 0 bridgehead atoms. The van der Waals surface area contributed by atoms with Crippen molar-refractivity contribution in [3.8, 4) is 74.0 Å². The Bertz CT molecular complexity index is 8720. The molecule has 0 spiro atoms. The molecule has 0 N–H and O–H groups in total. The lowest BCUT2D eigenvalue weighted by Gasteiger charge is -2.26. The van der Waals surface area contributed by atoms with E-state index in [0.717, 1.165) is 45.0 Å². The highest BCUT2D eigenvalue weighted by molar-refractivity contribution is 14.1. The van der Waals surface area contributed by atoms with Gasteiger partial charge in [-0.3, -0.25) is 0 Å². The van der Waals surface area contributed by atoms with Gasteiger partial charge >= 0.3 is 141 Å². The van der Waals surface area contributed by atoms with Gasteiger partial charge in [0.2, 0.25) is 0 Å². The van der Waals surface area contributed by atoms with Gasteiger partial charge in [-0.1, -0.05) is 19.6 Å². The molecular formula is C74H33F27I10O27S9. The van der Waals surface area contributed by atoms with Crippen LogP contribution in [0.25, 0.3) is 108 Å².